The molecule has 4 heteroatoms. The van der Waals surface area contributed by atoms with Crippen LogP contribution in [0.15, 0.2) is 42.5 Å². The highest BCUT2D eigenvalue weighted by molar-refractivity contribution is 14.1. The van der Waals surface area contributed by atoms with E-state index in [2.05, 4.69) is 34.8 Å². The number of hydrogen-bond acceptors (Lipinski definition) is 2. The molecule has 1 atom stereocenters. The number of rotatable bonds is 4. The topological polar surface area (TPSA) is 32.3 Å². The van der Waals surface area contributed by atoms with Gasteiger partial charge in [-0.1, -0.05) is 12.1 Å². The van der Waals surface area contributed by atoms with Gasteiger partial charge < -0.3 is 10.4 Å². The van der Waals surface area contributed by atoms with Crippen molar-refractivity contribution in [1.82, 2.24) is 0 Å². The van der Waals surface area contributed by atoms with E-state index in [4.69, 9.17) is 0 Å². The molecule has 0 aliphatic heterocycles. The Bertz CT molecular complexity index is 557. The van der Waals surface area contributed by atoms with Crippen molar-refractivity contribution in [3.05, 3.63) is 57.4 Å². The van der Waals surface area contributed by atoms with Crippen LogP contribution in [0.1, 0.15) is 12.5 Å². The maximum Gasteiger partial charge on any atom is 0.124 e. The minimum absolute atomic E-state index is 0.221. The van der Waals surface area contributed by atoms with Crippen LogP contribution in [0.4, 0.5) is 10.1 Å². The molecule has 2 aromatic carbocycles. The lowest BCUT2D eigenvalue weighted by atomic mass is 10.1. The minimum Gasteiger partial charge on any atom is -0.508 e. The van der Waals surface area contributed by atoms with Crippen LogP contribution in [0.2, 0.25) is 0 Å². The fraction of sp³-hybridized carbons (Fsp3) is 0.200. The Balaban J connectivity index is 2.01. The summed E-state index contributed by atoms with van der Waals surface area (Å²) in [7, 11) is 0. The van der Waals surface area contributed by atoms with E-state index in [9.17, 15) is 9.50 Å². The second-order valence-corrected chi connectivity index (χ2v) is 5.70. The zero-order valence-electron chi connectivity index (χ0n) is 10.5. The van der Waals surface area contributed by atoms with Crippen molar-refractivity contribution in [3.63, 3.8) is 0 Å². The highest BCUT2D eigenvalue weighted by Gasteiger charge is 2.07. The van der Waals surface area contributed by atoms with E-state index < -0.39 is 0 Å². The van der Waals surface area contributed by atoms with E-state index in [0.29, 0.717) is 0 Å². The van der Waals surface area contributed by atoms with Gasteiger partial charge in [-0.05, 0) is 71.8 Å². The Kier molecular flexibility index (Phi) is 4.63. The van der Waals surface area contributed by atoms with Crippen molar-refractivity contribution in [2.45, 2.75) is 19.4 Å². The molecule has 0 aliphatic rings. The third-order valence-electron chi connectivity index (χ3n) is 2.81. The molecule has 2 nitrogen and oxygen atoms in total. The number of hydrogen-bond donors (Lipinski definition) is 2. The Morgan fingerprint density at radius 1 is 1.21 bits per heavy atom. The molecule has 0 aliphatic carbocycles. The molecule has 19 heavy (non-hydrogen) atoms. The van der Waals surface area contributed by atoms with E-state index in [1.165, 1.54) is 12.1 Å². The van der Waals surface area contributed by atoms with Crippen LogP contribution in [0.5, 0.6) is 5.75 Å². The smallest absolute Gasteiger partial charge is 0.124 e. The lowest BCUT2D eigenvalue weighted by molar-refractivity contribution is 0.475. The summed E-state index contributed by atoms with van der Waals surface area (Å²) in [5.74, 6) is 0.0542. The SMILES string of the molecule is CC(Cc1ccc(O)cc1)Nc1ccc(F)cc1I. The molecule has 0 bridgehead atoms. The lowest BCUT2D eigenvalue weighted by Crippen LogP contribution is -2.18. The van der Waals surface area contributed by atoms with Crippen molar-refractivity contribution in [2.24, 2.45) is 0 Å². The Hall–Kier alpha value is -1.30. The van der Waals surface area contributed by atoms with Crippen molar-refractivity contribution < 1.29 is 9.50 Å². The summed E-state index contributed by atoms with van der Waals surface area (Å²) in [5.41, 5.74) is 2.09. The van der Waals surface area contributed by atoms with Crippen molar-refractivity contribution >= 4 is 28.3 Å². The second kappa shape index (κ2) is 6.23. The summed E-state index contributed by atoms with van der Waals surface area (Å²) >= 11 is 2.12. The first-order valence-electron chi connectivity index (χ1n) is 6.04. The van der Waals surface area contributed by atoms with E-state index in [1.54, 1.807) is 18.2 Å². The van der Waals surface area contributed by atoms with Crippen LogP contribution in [0, 0.1) is 9.39 Å². The van der Waals surface area contributed by atoms with E-state index in [-0.39, 0.29) is 17.6 Å². The average Bonchev–Trinajstić information content (AvgIpc) is 2.36. The van der Waals surface area contributed by atoms with Crippen LogP contribution in [-0.4, -0.2) is 11.1 Å². The molecule has 2 rings (SSSR count). The van der Waals surface area contributed by atoms with Gasteiger partial charge in [-0.15, -0.1) is 0 Å². The number of phenolic OH excluding ortho intramolecular Hbond substituents is 1. The zero-order valence-corrected chi connectivity index (χ0v) is 12.7. The van der Waals surface area contributed by atoms with Gasteiger partial charge in [0.15, 0.2) is 0 Å². The lowest BCUT2D eigenvalue weighted by Gasteiger charge is -2.16. The summed E-state index contributed by atoms with van der Waals surface area (Å²) in [6.07, 6.45) is 0.841. The van der Waals surface area contributed by atoms with Gasteiger partial charge in [-0.25, -0.2) is 4.39 Å². The van der Waals surface area contributed by atoms with E-state index in [0.717, 1.165) is 21.2 Å². The summed E-state index contributed by atoms with van der Waals surface area (Å²) in [4.78, 5) is 0. The third-order valence-corrected chi connectivity index (χ3v) is 3.70. The minimum atomic E-state index is -0.221. The fourth-order valence-electron chi connectivity index (χ4n) is 1.91. The van der Waals surface area contributed by atoms with Crippen molar-refractivity contribution in [1.29, 1.82) is 0 Å². The second-order valence-electron chi connectivity index (χ2n) is 4.54. The highest BCUT2D eigenvalue weighted by Crippen LogP contribution is 2.21. The number of nitrogens with one attached hydrogen (secondary N) is 1. The number of phenols is 1. The van der Waals surface area contributed by atoms with E-state index in [1.807, 2.05) is 12.1 Å². The summed E-state index contributed by atoms with van der Waals surface area (Å²) in [5, 5.41) is 12.6. The third kappa shape index (κ3) is 4.09. The molecule has 0 fully saturated rings. The number of halogens is 2. The molecule has 0 radical (unpaired) electrons. The standard InChI is InChI=1S/C15H15FINO/c1-10(8-11-2-5-13(19)6-3-11)18-15-7-4-12(16)9-14(15)17/h2-7,9-10,18-19H,8H2,1H3. The molecule has 0 aromatic heterocycles. The predicted molar refractivity (Wildman–Crippen MR) is 84.0 cm³/mol. The predicted octanol–water partition coefficient (Wildman–Crippen LogP) is 4.18. The van der Waals surface area contributed by atoms with Crippen LogP contribution >= 0.6 is 22.6 Å². The molecule has 0 saturated carbocycles. The number of benzene rings is 2. The molecule has 100 valence electrons. The van der Waals surface area contributed by atoms with Gasteiger partial charge in [-0.2, -0.15) is 0 Å². The summed E-state index contributed by atoms with van der Waals surface area (Å²) in [6, 6.07) is 12.1. The van der Waals surface area contributed by atoms with Crippen molar-refractivity contribution in [2.75, 3.05) is 5.32 Å². The van der Waals surface area contributed by atoms with Gasteiger partial charge in [0.05, 0.1) is 0 Å². The normalized spacial score (nSPS) is 12.2. The molecule has 0 amide bonds. The first kappa shape index (κ1) is 14.1. The molecule has 1 unspecified atom stereocenters. The number of aromatic hydroxyl groups is 1. The molecular formula is C15H15FINO. The Morgan fingerprint density at radius 2 is 1.89 bits per heavy atom. The van der Waals surface area contributed by atoms with Crippen LogP contribution < -0.4 is 5.32 Å². The molecule has 0 heterocycles. The van der Waals surface area contributed by atoms with Gasteiger partial charge in [0.1, 0.15) is 11.6 Å². The largest absolute Gasteiger partial charge is 0.508 e. The zero-order chi connectivity index (χ0) is 13.8. The van der Waals surface area contributed by atoms with Gasteiger partial charge in [-0.3, -0.25) is 0 Å². The number of anilines is 1. The molecule has 2 N–H and O–H groups in total. The van der Waals surface area contributed by atoms with Gasteiger partial charge in [0.25, 0.3) is 0 Å². The highest BCUT2D eigenvalue weighted by atomic mass is 127. The van der Waals surface area contributed by atoms with Crippen LogP contribution in [0.3, 0.4) is 0 Å². The van der Waals surface area contributed by atoms with Crippen LogP contribution in [0.25, 0.3) is 0 Å². The summed E-state index contributed by atoms with van der Waals surface area (Å²) in [6.45, 7) is 2.08. The maximum atomic E-state index is 13.0. The first-order chi connectivity index (χ1) is 9.04. The monoisotopic (exact) mass is 371 g/mol. The van der Waals surface area contributed by atoms with Gasteiger partial charge in [0, 0.05) is 15.3 Å². The first-order valence-corrected chi connectivity index (χ1v) is 7.12. The molecule has 2 aromatic rings. The molecule has 0 spiro atoms. The quantitative estimate of drug-likeness (QED) is 0.791. The van der Waals surface area contributed by atoms with E-state index >= 15 is 0 Å². The molecule has 0 saturated heterocycles. The summed E-state index contributed by atoms with van der Waals surface area (Å²) < 4.78 is 13.9. The molecular weight excluding hydrogens is 356 g/mol. The van der Waals surface area contributed by atoms with Gasteiger partial charge >= 0.3 is 0 Å². The Morgan fingerprint density at radius 3 is 2.53 bits per heavy atom. The fourth-order valence-corrected chi connectivity index (χ4v) is 2.54. The van der Waals surface area contributed by atoms with Crippen molar-refractivity contribution in [3.8, 4) is 5.75 Å². The van der Waals surface area contributed by atoms with Crippen LogP contribution in [-0.2, 0) is 6.42 Å². The Labute approximate surface area is 125 Å². The average molecular weight is 371 g/mol. The maximum absolute atomic E-state index is 13.0. The van der Waals surface area contributed by atoms with Gasteiger partial charge in [0.2, 0.25) is 0 Å².